The lowest BCUT2D eigenvalue weighted by Crippen LogP contribution is -2.40. The van der Waals surface area contributed by atoms with Crippen LogP contribution >= 0.6 is 0 Å². The summed E-state index contributed by atoms with van der Waals surface area (Å²) in [7, 11) is 0. The fraction of sp³-hybridized carbons (Fsp3) is 0.714. The second kappa shape index (κ2) is 8.31. The summed E-state index contributed by atoms with van der Waals surface area (Å²) in [6, 6.07) is 6.25. The minimum absolute atomic E-state index is 0.119. The molecule has 1 aromatic rings. The van der Waals surface area contributed by atoms with Gasteiger partial charge in [-0.15, -0.1) is 0 Å². The van der Waals surface area contributed by atoms with Crippen LogP contribution in [0.1, 0.15) is 58.6 Å². The maximum absolute atomic E-state index is 12.8. The molecule has 25 heavy (non-hydrogen) atoms. The third-order valence-corrected chi connectivity index (χ3v) is 5.75. The fourth-order valence-corrected chi connectivity index (χ4v) is 4.04. The Bertz CT molecular complexity index is 556. The molecule has 2 aliphatic rings. The summed E-state index contributed by atoms with van der Waals surface area (Å²) < 4.78 is 6.17. The summed E-state index contributed by atoms with van der Waals surface area (Å²) in [5.74, 6) is 2.01. The number of hydrogen-bond donors (Lipinski definition) is 0. The average molecular weight is 344 g/mol. The highest BCUT2D eigenvalue weighted by molar-refractivity contribution is 5.78. The molecule has 0 aliphatic heterocycles. The van der Waals surface area contributed by atoms with Crippen molar-refractivity contribution in [3.63, 3.8) is 0 Å². The van der Waals surface area contributed by atoms with E-state index < -0.39 is 0 Å². The maximum Gasteiger partial charge on any atom is 0.249 e. The summed E-state index contributed by atoms with van der Waals surface area (Å²) >= 11 is 0. The van der Waals surface area contributed by atoms with Crippen molar-refractivity contribution in [3.05, 3.63) is 30.1 Å². The normalized spacial score (nSPS) is 26.6. The first-order valence-corrected chi connectivity index (χ1v) is 9.85. The Labute approximate surface area is 152 Å². The van der Waals surface area contributed by atoms with Gasteiger partial charge < -0.3 is 9.64 Å². The number of aromatic nitrogens is 1. The molecule has 0 bridgehead atoms. The Morgan fingerprint density at radius 3 is 2.72 bits per heavy atom. The number of nitrogens with zero attached hydrogens (tertiary/aromatic N) is 2. The van der Waals surface area contributed by atoms with E-state index in [1.54, 1.807) is 6.20 Å². The van der Waals surface area contributed by atoms with Crippen LogP contribution in [0.3, 0.4) is 0 Å². The van der Waals surface area contributed by atoms with E-state index in [1.165, 1.54) is 12.8 Å². The summed E-state index contributed by atoms with van der Waals surface area (Å²) in [4.78, 5) is 19.1. The molecule has 4 nitrogen and oxygen atoms in total. The summed E-state index contributed by atoms with van der Waals surface area (Å²) in [6.07, 6.45) is 7.81. The van der Waals surface area contributed by atoms with Crippen LogP contribution in [0.4, 0.5) is 0 Å². The van der Waals surface area contributed by atoms with Crippen LogP contribution in [0.15, 0.2) is 24.4 Å². The van der Waals surface area contributed by atoms with Gasteiger partial charge >= 0.3 is 0 Å². The first-order chi connectivity index (χ1) is 12.0. The van der Waals surface area contributed by atoms with Gasteiger partial charge in [0.25, 0.3) is 0 Å². The molecule has 1 amide bonds. The van der Waals surface area contributed by atoms with E-state index >= 15 is 0 Å². The molecule has 0 N–H and O–H groups in total. The Kier molecular flexibility index (Phi) is 6.10. The Balaban J connectivity index is 1.57. The Morgan fingerprint density at radius 2 is 2.08 bits per heavy atom. The molecule has 3 rings (SSSR count). The van der Waals surface area contributed by atoms with Crippen molar-refractivity contribution in [1.82, 2.24) is 9.88 Å². The van der Waals surface area contributed by atoms with Crippen molar-refractivity contribution in [2.45, 2.75) is 71.6 Å². The molecule has 0 aromatic carbocycles. The zero-order chi connectivity index (χ0) is 17.8. The number of carbonyl (C=O) groups excluding carboxylic acids is 1. The molecule has 2 aliphatic carbocycles. The lowest BCUT2D eigenvalue weighted by molar-refractivity contribution is -0.143. The highest BCUT2D eigenvalue weighted by atomic mass is 16.5. The molecule has 3 unspecified atom stereocenters. The van der Waals surface area contributed by atoms with E-state index in [0.29, 0.717) is 30.3 Å². The third kappa shape index (κ3) is 5.04. The monoisotopic (exact) mass is 344 g/mol. The van der Waals surface area contributed by atoms with E-state index in [2.05, 4.69) is 25.8 Å². The number of carbonyl (C=O) groups is 1. The summed E-state index contributed by atoms with van der Waals surface area (Å²) in [5, 5.41) is 0. The van der Waals surface area contributed by atoms with Gasteiger partial charge in [-0.25, -0.2) is 0 Å². The molecule has 2 fully saturated rings. The van der Waals surface area contributed by atoms with E-state index in [-0.39, 0.29) is 18.6 Å². The molecule has 0 radical (unpaired) electrons. The van der Waals surface area contributed by atoms with Crippen molar-refractivity contribution in [2.75, 3.05) is 6.61 Å². The number of amides is 1. The zero-order valence-corrected chi connectivity index (χ0v) is 15.9. The maximum atomic E-state index is 12.8. The highest BCUT2D eigenvalue weighted by Crippen LogP contribution is 2.35. The van der Waals surface area contributed by atoms with Crippen molar-refractivity contribution < 1.29 is 9.53 Å². The number of pyridine rings is 1. The third-order valence-electron chi connectivity index (χ3n) is 5.75. The molecule has 4 heteroatoms. The molecule has 2 saturated carbocycles. The van der Waals surface area contributed by atoms with E-state index in [0.717, 1.165) is 25.0 Å². The van der Waals surface area contributed by atoms with Gasteiger partial charge in [-0.05, 0) is 55.6 Å². The zero-order valence-electron chi connectivity index (χ0n) is 15.9. The van der Waals surface area contributed by atoms with Crippen molar-refractivity contribution in [3.8, 4) is 0 Å². The second-order valence-electron chi connectivity index (χ2n) is 8.25. The predicted octanol–water partition coefficient (Wildman–Crippen LogP) is 4.05. The molecular weight excluding hydrogens is 312 g/mol. The van der Waals surface area contributed by atoms with Crippen LogP contribution in [0.25, 0.3) is 0 Å². The van der Waals surface area contributed by atoms with Gasteiger partial charge in [0.05, 0.1) is 18.3 Å². The molecule has 0 saturated heterocycles. The molecule has 1 heterocycles. The topological polar surface area (TPSA) is 42.4 Å². The lowest BCUT2D eigenvalue weighted by atomic mass is 9.75. The van der Waals surface area contributed by atoms with Crippen molar-refractivity contribution in [2.24, 2.45) is 17.8 Å². The Morgan fingerprint density at radius 1 is 1.28 bits per heavy atom. The van der Waals surface area contributed by atoms with Crippen LogP contribution in [-0.4, -0.2) is 34.5 Å². The molecule has 0 spiro atoms. The van der Waals surface area contributed by atoms with Crippen LogP contribution < -0.4 is 0 Å². The minimum atomic E-state index is 0.119. The standard InChI is InChI=1S/C21H32N2O2/c1-15(2)19-10-7-16(3)12-20(19)25-14-21(24)23(18-8-9-18)13-17-6-4-5-11-22-17/h4-6,11,15-16,18-20H,7-10,12-14H2,1-3H3. The highest BCUT2D eigenvalue weighted by Gasteiger charge is 2.35. The van der Waals surface area contributed by atoms with Gasteiger partial charge in [-0.1, -0.05) is 33.3 Å². The lowest BCUT2D eigenvalue weighted by Gasteiger charge is -2.37. The molecule has 138 valence electrons. The molecule has 3 atom stereocenters. The van der Waals surface area contributed by atoms with E-state index in [9.17, 15) is 4.79 Å². The van der Waals surface area contributed by atoms with Gasteiger partial charge in [0.15, 0.2) is 0 Å². The van der Waals surface area contributed by atoms with Gasteiger partial charge in [0.2, 0.25) is 5.91 Å². The summed E-state index contributed by atoms with van der Waals surface area (Å²) in [6.45, 7) is 7.66. The Hall–Kier alpha value is -1.42. The SMILES string of the molecule is CC1CCC(C(C)C)C(OCC(=O)N(Cc2ccccn2)C2CC2)C1. The quantitative estimate of drug-likeness (QED) is 0.749. The summed E-state index contributed by atoms with van der Waals surface area (Å²) in [5.41, 5.74) is 0.953. The fourth-order valence-electron chi connectivity index (χ4n) is 4.04. The van der Waals surface area contributed by atoms with Crippen LogP contribution in [0.2, 0.25) is 0 Å². The smallest absolute Gasteiger partial charge is 0.249 e. The average Bonchev–Trinajstić information content (AvgIpc) is 3.43. The first-order valence-electron chi connectivity index (χ1n) is 9.85. The number of hydrogen-bond acceptors (Lipinski definition) is 3. The first kappa shape index (κ1) is 18.4. The number of ether oxygens (including phenoxy) is 1. The predicted molar refractivity (Wildman–Crippen MR) is 98.9 cm³/mol. The van der Waals surface area contributed by atoms with Crippen LogP contribution in [0.5, 0.6) is 0 Å². The van der Waals surface area contributed by atoms with E-state index in [1.807, 2.05) is 23.1 Å². The van der Waals surface area contributed by atoms with E-state index in [4.69, 9.17) is 4.74 Å². The number of rotatable bonds is 7. The second-order valence-corrected chi connectivity index (χ2v) is 8.25. The minimum Gasteiger partial charge on any atom is -0.368 e. The van der Waals surface area contributed by atoms with Crippen LogP contribution in [0, 0.1) is 17.8 Å². The van der Waals surface area contributed by atoms with Gasteiger partial charge in [-0.3, -0.25) is 9.78 Å². The van der Waals surface area contributed by atoms with Crippen LogP contribution in [-0.2, 0) is 16.1 Å². The molecule has 1 aromatic heterocycles. The molecular formula is C21H32N2O2. The van der Waals surface area contributed by atoms with Gasteiger partial charge in [-0.2, -0.15) is 0 Å². The largest absolute Gasteiger partial charge is 0.368 e. The van der Waals surface area contributed by atoms with Crippen molar-refractivity contribution in [1.29, 1.82) is 0 Å². The van der Waals surface area contributed by atoms with Gasteiger partial charge in [0.1, 0.15) is 6.61 Å². The van der Waals surface area contributed by atoms with Crippen molar-refractivity contribution >= 4 is 5.91 Å². The van der Waals surface area contributed by atoms with Gasteiger partial charge in [0, 0.05) is 12.2 Å².